The fourth-order valence-electron chi connectivity index (χ4n) is 4.03. The number of nitrogens with zero attached hydrogens (tertiary/aromatic N) is 4. The van der Waals surface area contributed by atoms with E-state index in [2.05, 4.69) is 78.4 Å². The third kappa shape index (κ3) is 5.21. The molecular weight excluding hydrogens is 426 g/mol. The lowest BCUT2D eigenvalue weighted by atomic mass is 10.1. The van der Waals surface area contributed by atoms with Crippen molar-refractivity contribution in [1.82, 2.24) is 14.6 Å². The minimum Gasteiger partial charge on any atom is -0.378 e. The summed E-state index contributed by atoms with van der Waals surface area (Å²) in [6, 6.07) is 20.9. The third-order valence-corrected chi connectivity index (χ3v) is 5.77. The topological polar surface area (TPSA) is 63.9 Å². The molecule has 2 aromatic carbocycles. The van der Waals surface area contributed by atoms with Gasteiger partial charge in [-0.15, -0.1) is 5.10 Å². The van der Waals surface area contributed by atoms with Gasteiger partial charge in [0.05, 0.1) is 42.8 Å². The molecule has 1 aliphatic rings. The summed E-state index contributed by atoms with van der Waals surface area (Å²) < 4.78 is 13.4. The van der Waals surface area contributed by atoms with Crippen LogP contribution in [0.25, 0.3) is 16.8 Å². The summed E-state index contributed by atoms with van der Waals surface area (Å²) in [7, 11) is 0. The Labute approximate surface area is 200 Å². The normalized spacial score (nSPS) is 14.5. The average Bonchev–Trinajstić information content (AvgIpc) is 3.27. The molecule has 0 radical (unpaired) electrons. The molecule has 3 heterocycles. The molecule has 5 rings (SSSR count). The third-order valence-electron chi connectivity index (χ3n) is 5.77. The highest BCUT2D eigenvalue weighted by atomic mass is 16.5. The molecule has 1 fully saturated rings. The van der Waals surface area contributed by atoms with Crippen molar-refractivity contribution < 1.29 is 9.47 Å². The van der Waals surface area contributed by atoms with E-state index >= 15 is 0 Å². The summed E-state index contributed by atoms with van der Waals surface area (Å²) in [6.45, 7) is 10.1. The summed E-state index contributed by atoms with van der Waals surface area (Å²) in [5.74, 6) is 0.545. The van der Waals surface area contributed by atoms with Crippen molar-refractivity contribution in [1.29, 1.82) is 0 Å². The molecule has 7 heteroatoms. The minimum atomic E-state index is -0.179. The zero-order valence-corrected chi connectivity index (χ0v) is 20.0. The van der Waals surface area contributed by atoms with Crippen LogP contribution in [0.3, 0.4) is 0 Å². The Kier molecular flexibility index (Phi) is 6.22. The number of morpholine rings is 1. The fraction of sp³-hybridized carbons (Fsp3) is 0.333. The van der Waals surface area contributed by atoms with Gasteiger partial charge in [0.25, 0.3) is 0 Å². The molecule has 2 aromatic heterocycles. The molecule has 34 heavy (non-hydrogen) atoms. The van der Waals surface area contributed by atoms with Crippen LogP contribution in [-0.2, 0) is 16.1 Å². The second kappa shape index (κ2) is 9.44. The van der Waals surface area contributed by atoms with Gasteiger partial charge in [0.2, 0.25) is 5.95 Å². The molecule has 0 amide bonds. The van der Waals surface area contributed by atoms with Crippen molar-refractivity contribution in [3.05, 3.63) is 72.4 Å². The van der Waals surface area contributed by atoms with E-state index in [-0.39, 0.29) is 5.60 Å². The Bertz CT molecular complexity index is 1270. The maximum absolute atomic E-state index is 5.91. The smallest absolute Gasteiger partial charge is 0.245 e. The number of rotatable bonds is 6. The number of fused-ring (bicyclic) bond motifs is 1. The molecule has 7 nitrogen and oxygen atoms in total. The van der Waals surface area contributed by atoms with E-state index in [0.29, 0.717) is 12.6 Å². The van der Waals surface area contributed by atoms with Gasteiger partial charge in [0.1, 0.15) is 0 Å². The molecule has 1 N–H and O–H groups in total. The van der Waals surface area contributed by atoms with E-state index in [1.54, 1.807) is 0 Å². The van der Waals surface area contributed by atoms with Crippen molar-refractivity contribution in [2.45, 2.75) is 33.0 Å². The fourth-order valence-corrected chi connectivity index (χ4v) is 4.03. The van der Waals surface area contributed by atoms with Crippen LogP contribution in [0.1, 0.15) is 26.3 Å². The monoisotopic (exact) mass is 457 g/mol. The Morgan fingerprint density at radius 2 is 1.82 bits per heavy atom. The Hall–Kier alpha value is -3.42. The second-order valence-corrected chi connectivity index (χ2v) is 9.51. The first-order valence-corrected chi connectivity index (χ1v) is 11.7. The maximum Gasteiger partial charge on any atom is 0.245 e. The van der Waals surface area contributed by atoms with E-state index in [4.69, 9.17) is 14.6 Å². The molecule has 1 saturated heterocycles. The van der Waals surface area contributed by atoms with Crippen LogP contribution in [0.2, 0.25) is 0 Å². The standard InChI is InChI=1S/C27H31N5O2/c1-27(2,3)34-19-20-6-4-8-22(16-20)29-26-28-18-24-10-11-25(32(24)30-26)21-7-5-9-23(17-21)31-12-14-33-15-13-31/h4-11,16-18H,12-15,19H2,1-3H3,(H,29,30). The number of benzene rings is 2. The van der Waals surface area contributed by atoms with Gasteiger partial charge in [0, 0.05) is 30.0 Å². The SMILES string of the molecule is CC(C)(C)OCc1cccc(Nc2ncc3ccc(-c4cccc(N5CCOCC5)c4)n3n2)c1. The summed E-state index contributed by atoms with van der Waals surface area (Å²) >= 11 is 0. The zero-order valence-electron chi connectivity index (χ0n) is 20.0. The molecule has 0 bridgehead atoms. The van der Waals surface area contributed by atoms with Gasteiger partial charge in [-0.25, -0.2) is 9.50 Å². The molecule has 0 aliphatic carbocycles. The number of ether oxygens (including phenoxy) is 2. The van der Waals surface area contributed by atoms with E-state index in [0.717, 1.165) is 54.3 Å². The predicted octanol–water partition coefficient (Wildman–Crippen LogP) is 5.29. The number of nitrogens with one attached hydrogen (secondary N) is 1. The Balaban J connectivity index is 1.39. The zero-order chi connectivity index (χ0) is 23.5. The van der Waals surface area contributed by atoms with Crippen LogP contribution in [0.4, 0.5) is 17.3 Å². The summed E-state index contributed by atoms with van der Waals surface area (Å²) in [5, 5.41) is 8.14. The quantitative estimate of drug-likeness (QED) is 0.424. The highest BCUT2D eigenvalue weighted by Gasteiger charge is 2.14. The van der Waals surface area contributed by atoms with E-state index in [1.165, 1.54) is 5.69 Å². The minimum absolute atomic E-state index is 0.179. The van der Waals surface area contributed by atoms with Crippen molar-refractivity contribution in [3.8, 4) is 11.3 Å². The van der Waals surface area contributed by atoms with Crippen LogP contribution in [0, 0.1) is 0 Å². The van der Waals surface area contributed by atoms with Crippen LogP contribution in [0.15, 0.2) is 66.9 Å². The molecule has 4 aromatic rings. The highest BCUT2D eigenvalue weighted by molar-refractivity contribution is 5.70. The summed E-state index contributed by atoms with van der Waals surface area (Å²) in [4.78, 5) is 6.88. The number of hydrogen-bond acceptors (Lipinski definition) is 6. The number of aromatic nitrogens is 3. The molecular formula is C27H31N5O2. The predicted molar refractivity (Wildman–Crippen MR) is 136 cm³/mol. The second-order valence-electron chi connectivity index (χ2n) is 9.51. The van der Waals surface area contributed by atoms with Gasteiger partial charge in [-0.3, -0.25) is 0 Å². The first-order chi connectivity index (χ1) is 16.4. The van der Waals surface area contributed by atoms with Crippen molar-refractivity contribution >= 4 is 22.8 Å². The first-order valence-electron chi connectivity index (χ1n) is 11.7. The molecule has 0 unspecified atom stereocenters. The van der Waals surface area contributed by atoms with Gasteiger partial charge >= 0.3 is 0 Å². The average molecular weight is 458 g/mol. The first kappa shape index (κ1) is 22.4. The number of anilines is 3. The summed E-state index contributed by atoms with van der Waals surface area (Å²) in [6.07, 6.45) is 1.84. The molecule has 0 spiro atoms. The van der Waals surface area contributed by atoms with Gasteiger partial charge in [-0.1, -0.05) is 24.3 Å². The van der Waals surface area contributed by atoms with Crippen molar-refractivity contribution in [2.24, 2.45) is 0 Å². The van der Waals surface area contributed by atoms with Crippen LogP contribution >= 0.6 is 0 Å². The van der Waals surface area contributed by atoms with Gasteiger partial charge in [-0.05, 0) is 62.7 Å². The van der Waals surface area contributed by atoms with Gasteiger partial charge in [0.15, 0.2) is 0 Å². The van der Waals surface area contributed by atoms with E-state index < -0.39 is 0 Å². The van der Waals surface area contributed by atoms with E-state index in [9.17, 15) is 0 Å². The molecule has 1 aliphatic heterocycles. The van der Waals surface area contributed by atoms with Crippen LogP contribution < -0.4 is 10.2 Å². The Morgan fingerprint density at radius 3 is 2.65 bits per heavy atom. The van der Waals surface area contributed by atoms with Gasteiger partial charge in [-0.2, -0.15) is 0 Å². The highest BCUT2D eigenvalue weighted by Crippen LogP contribution is 2.27. The van der Waals surface area contributed by atoms with Crippen LogP contribution in [-0.4, -0.2) is 46.5 Å². The van der Waals surface area contributed by atoms with E-state index in [1.807, 2.05) is 28.9 Å². The molecule has 0 saturated carbocycles. The lowest BCUT2D eigenvalue weighted by molar-refractivity contribution is -0.0149. The lowest BCUT2D eigenvalue weighted by Gasteiger charge is -2.29. The maximum atomic E-state index is 5.91. The molecule has 0 atom stereocenters. The van der Waals surface area contributed by atoms with Crippen molar-refractivity contribution in [3.63, 3.8) is 0 Å². The summed E-state index contributed by atoms with van der Waals surface area (Å²) in [5.41, 5.74) is 6.15. The van der Waals surface area contributed by atoms with Crippen LogP contribution in [0.5, 0.6) is 0 Å². The largest absolute Gasteiger partial charge is 0.378 e. The van der Waals surface area contributed by atoms with Gasteiger partial charge < -0.3 is 19.7 Å². The van der Waals surface area contributed by atoms with Crippen molar-refractivity contribution in [2.75, 3.05) is 36.5 Å². The number of hydrogen-bond donors (Lipinski definition) is 1. The molecule has 176 valence electrons. The lowest BCUT2D eigenvalue weighted by Crippen LogP contribution is -2.36. The Morgan fingerprint density at radius 1 is 1.00 bits per heavy atom.